The number of nitrogens with zero attached hydrogens (tertiary/aromatic N) is 5. The van der Waals surface area contributed by atoms with Crippen molar-refractivity contribution >= 4 is 17.3 Å². The first-order valence-electron chi connectivity index (χ1n) is 8.94. The number of aromatic nitrogens is 3. The highest BCUT2D eigenvalue weighted by Gasteiger charge is 2.12. The van der Waals surface area contributed by atoms with Gasteiger partial charge in [-0.05, 0) is 37.8 Å². The Labute approximate surface area is 163 Å². The number of rotatable bonds is 7. The summed E-state index contributed by atoms with van der Waals surface area (Å²) in [7, 11) is 3.99. The predicted octanol–water partition coefficient (Wildman–Crippen LogP) is 2.91. The molecule has 3 rings (SSSR count). The second kappa shape index (κ2) is 8.85. The predicted molar refractivity (Wildman–Crippen MR) is 108 cm³/mol. The third-order valence-electron chi connectivity index (χ3n) is 4.52. The van der Waals surface area contributed by atoms with Gasteiger partial charge in [0.1, 0.15) is 18.1 Å². The Morgan fingerprint density at radius 1 is 1.33 bits per heavy atom. The van der Waals surface area contributed by atoms with Crippen molar-refractivity contribution < 1.29 is 4.42 Å². The molecule has 0 aromatic carbocycles. The summed E-state index contributed by atoms with van der Waals surface area (Å²) in [5, 5.41) is 13.9. The van der Waals surface area contributed by atoms with Gasteiger partial charge in [-0.25, -0.2) is 4.99 Å². The van der Waals surface area contributed by atoms with E-state index in [0.29, 0.717) is 6.54 Å². The molecule has 1 N–H and O–H groups in total. The molecule has 0 bridgehead atoms. The van der Waals surface area contributed by atoms with Crippen LogP contribution >= 0.6 is 11.3 Å². The second-order valence-electron chi connectivity index (χ2n) is 6.48. The standard InChI is InChI=1S/C19H26N6OS/c1-14-16(8-10-26-14)13-24(3)19(20-9-7-17-6-5-11-27-17)21-12-18-23-22-15(2)25(18)4/h5-6,8,10-11H,7,9,12-13H2,1-4H3,(H,20,21). The van der Waals surface area contributed by atoms with Crippen molar-refractivity contribution in [1.29, 1.82) is 0 Å². The highest BCUT2D eigenvalue weighted by Crippen LogP contribution is 2.12. The van der Waals surface area contributed by atoms with Crippen LogP contribution in [0.5, 0.6) is 0 Å². The van der Waals surface area contributed by atoms with Crippen LogP contribution in [0.2, 0.25) is 0 Å². The second-order valence-corrected chi connectivity index (χ2v) is 7.51. The van der Waals surface area contributed by atoms with E-state index in [-0.39, 0.29) is 0 Å². The van der Waals surface area contributed by atoms with E-state index in [0.717, 1.165) is 48.4 Å². The highest BCUT2D eigenvalue weighted by molar-refractivity contribution is 7.09. The summed E-state index contributed by atoms with van der Waals surface area (Å²) in [6, 6.07) is 6.24. The van der Waals surface area contributed by atoms with Crippen molar-refractivity contribution in [2.24, 2.45) is 12.0 Å². The summed E-state index contributed by atoms with van der Waals surface area (Å²) in [6.45, 7) is 5.95. The van der Waals surface area contributed by atoms with Crippen molar-refractivity contribution in [3.63, 3.8) is 0 Å². The molecule has 0 aliphatic heterocycles. The molecular formula is C19H26N6OS. The lowest BCUT2D eigenvalue weighted by molar-refractivity contribution is 0.462. The lowest BCUT2D eigenvalue weighted by atomic mass is 10.2. The zero-order valence-corrected chi connectivity index (χ0v) is 17.1. The molecule has 0 fully saturated rings. The molecule has 3 heterocycles. The highest BCUT2D eigenvalue weighted by atomic mass is 32.1. The molecule has 0 atom stereocenters. The first-order valence-corrected chi connectivity index (χ1v) is 9.82. The Morgan fingerprint density at radius 2 is 2.19 bits per heavy atom. The van der Waals surface area contributed by atoms with E-state index < -0.39 is 0 Å². The average molecular weight is 387 g/mol. The zero-order chi connectivity index (χ0) is 19.2. The summed E-state index contributed by atoms with van der Waals surface area (Å²) in [6.07, 6.45) is 2.69. The number of aliphatic imine (C=N–C) groups is 1. The molecule has 0 saturated carbocycles. The van der Waals surface area contributed by atoms with Gasteiger partial charge < -0.3 is 19.2 Å². The van der Waals surface area contributed by atoms with Gasteiger partial charge in [-0.1, -0.05) is 6.07 Å². The van der Waals surface area contributed by atoms with E-state index in [1.807, 2.05) is 38.6 Å². The molecule has 0 radical (unpaired) electrons. The quantitative estimate of drug-likeness (QED) is 0.499. The van der Waals surface area contributed by atoms with Crippen LogP contribution in [0.25, 0.3) is 0 Å². The molecular weight excluding hydrogens is 360 g/mol. The molecule has 3 aromatic rings. The van der Waals surface area contributed by atoms with Crippen LogP contribution in [0.15, 0.2) is 39.3 Å². The van der Waals surface area contributed by atoms with Gasteiger partial charge in [0.2, 0.25) is 0 Å². The van der Waals surface area contributed by atoms with Crippen LogP contribution in [0, 0.1) is 13.8 Å². The van der Waals surface area contributed by atoms with Gasteiger partial charge in [-0.2, -0.15) is 0 Å². The van der Waals surface area contributed by atoms with E-state index in [2.05, 4.69) is 37.9 Å². The molecule has 27 heavy (non-hydrogen) atoms. The molecule has 0 aliphatic carbocycles. The Kier molecular flexibility index (Phi) is 6.28. The van der Waals surface area contributed by atoms with Gasteiger partial charge in [-0.15, -0.1) is 21.5 Å². The smallest absolute Gasteiger partial charge is 0.194 e. The van der Waals surface area contributed by atoms with Crippen molar-refractivity contribution in [2.45, 2.75) is 33.4 Å². The fraction of sp³-hybridized carbons (Fsp3) is 0.421. The number of furan rings is 1. The van der Waals surface area contributed by atoms with E-state index in [4.69, 9.17) is 9.41 Å². The molecule has 0 amide bonds. The molecule has 7 nitrogen and oxygen atoms in total. The molecule has 144 valence electrons. The van der Waals surface area contributed by atoms with Crippen molar-refractivity contribution in [3.8, 4) is 0 Å². The fourth-order valence-electron chi connectivity index (χ4n) is 2.70. The van der Waals surface area contributed by atoms with Crippen molar-refractivity contribution in [1.82, 2.24) is 25.0 Å². The van der Waals surface area contributed by atoms with Crippen LogP contribution < -0.4 is 5.32 Å². The summed E-state index contributed by atoms with van der Waals surface area (Å²) in [5.74, 6) is 3.50. The monoisotopic (exact) mass is 386 g/mol. The van der Waals surface area contributed by atoms with Gasteiger partial charge >= 0.3 is 0 Å². The Balaban J connectivity index is 1.69. The number of hydrogen-bond donors (Lipinski definition) is 1. The Bertz CT molecular complexity index is 880. The van der Waals surface area contributed by atoms with Crippen LogP contribution in [0.4, 0.5) is 0 Å². The van der Waals surface area contributed by atoms with Crippen molar-refractivity contribution in [3.05, 3.63) is 57.7 Å². The van der Waals surface area contributed by atoms with Gasteiger partial charge in [0, 0.05) is 37.6 Å². The summed E-state index contributed by atoms with van der Waals surface area (Å²) in [4.78, 5) is 8.24. The normalized spacial score (nSPS) is 11.8. The van der Waals surface area contributed by atoms with Crippen LogP contribution in [-0.4, -0.2) is 39.2 Å². The third-order valence-corrected chi connectivity index (χ3v) is 5.46. The van der Waals surface area contributed by atoms with Gasteiger partial charge in [0.05, 0.1) is 6.26 Å². The Morgan fingerprint density at radius 3 is 2.81 bits per heavy atom. The Hall–Kier alpha value is -2.61. The average Bonchev–Trinajstić information content (AvgIpc) is 3.37. The third kappa shape index (κ3) is 4.97. The first-order chi connectivity index (χ1) is 13.0. The first kappa shape index (κ1) is 19.2. The number of guanidine groups is 1. The minimum atomic E-state index is 0.480. The molecule has 0 spiro atoms. The number of thiophene rings is 1. The van der Waals surface area contributed by atoms with E-state index in [9.17, 15) is 0 Å². The van der Waals surface area contributed by atoms with Gasteiger partial charge in [-0.3, -0.25) is 0 Å². The van der Waals surface area contributed by atoms with E-state index in [1.54, 1.807) is 17.6 Å². The SMILES string of the molecule is Cc1occc1CN(C)C(=NCc1nnc(C)n1C)NCCc1cccs1. The van der Waals surface area contributed by atoms with Crippen LogP contribution in [-0.2, 0) is 26.6 Å². The number of hydrogen-bond acceptors (Lipinski definition) is 5. The zero-order valence-electron chi connectivity index (χ0n) is 16.3. The molecule has 3 aromatic heterocycles. The van der Waals surface area contributed by atoms with Gasteiger partial charge in [0.15, 0.2) is 11.8 Å². The maximum Gasteiger partial charge on any atom is 0.194 e. The van der Waals surface area contributed by atoms with E-state index in [1.165, 1.54) is 4.88 Å². The molecule has 0 aliphatic rings. The largest absolute Gasteiger partial charge is 0.469 e. The van der Waals surface area contributed by atoms with Crippen LogP contribution in [0.3, 0.4) is 0 Å². The molecule has 0 unspecified atom stereocenters. The van der Waals surface area contributed by atoms with Crippen molar-refractivity contribution in [2.75, 3.05) is 13.6 Å². The maximum absolute atomic E-state index is 5.42. The lowest BCUT2D eigenvalue weighted by Crippen LogP contribution is -2.39. The topological polar surface area (TPSA) is 71.5 Å². The number of nitrogens with one attached hydrogen (secondary N) is 1. The van der Waals surface area contributed by atoms with Gasteiger partial charge in [0.25, 0.3) is 0 Å². The summed E-state index contributed by atoms with van der Waals surface area (Å²) >= 11 is 1.78. The number of aryl methyl sites for hydroxylation is 2. The summed E-state index contributed by atoms with van der Waals surface area (Å²) < 4.78 is 7.38. The molecule has 0 saturated heterocycles. The fourth-order valence-corrected chi connectivity index (χ4v) is 3.41. The van der Waals surface area contributed by atoms with Crippen LogP contribution in [0.1, 0.15) is 27.8 Å². The maximum atomic E-state index is 5.42. The van der Waals surface area contributed by atoms with E-state index >= 15 is 0 Å². The minimum absolute atomic E-state index is 0.480. The lowest BCUT2D eigenvalue weighted by Gasteiger charge is -2.22. The minimum Gasteiger partial charge on any atom is -0.469 e. The molecule has 8 heteroatoms. The summed E-state index contributed by atoms with van der Waals surface area (Å²) in [5.41, 5.74) is 1.15.